The van der Waals surface area contributed by atoms with E-state index in [1.807, 2.05) is 24.4 Å². The fourth-order valence-corrected chi connectivity index (χ4v) is 2.64. The van der Waals surface area contributed by atoms with Gasteiger partial charge >= 0.3 is 0 Å². The van der Waals surface area contributed by atoms with E-state index < -0.39 is 0 Å². The Bertz CT molecular complexity index is 570. The molecule has 4 heteroatoms. The zero-order valence-electron chi connectivity index (χ0n) is 10.2. The van der Waals surface area contributed by atoms with Gasteiger partial charge in [0.15, 0.2) is 0 Å². The molecule has 1 fully saturated rings. The van der Waals surface area contributed by atoms with E-state index in [0.717, 1.165) is 35.1 Å². The summed E-state index contributed by atoms with van der Waals surface area (Å²) < 4.78 is 0. The molecule has 1 aromatic carbocycles. The molecule has 1 unspecified atom stereocenters. The lowest BCUT2D eigenvalue weighted by Gasteiger charge is -2.22. The molecule has 3 N–H and O–H groups in total. The molecule has 4 nitrogen and oxygen atoms in total. The predicted molar refractivity (Wildman–Crippen MR) is 72.5 cm³/mol. The van der Waals surface area contributed by atoms with Crippen molar-refractivity contribution in [3.63, 3.8) is 0 Å². The number of β-amino-alcohol motifs (C(OH)–C–C–N with tert-alkyl or cyclic N) is 1. The minimum Gasteiger partial charge on any atom is -0.391 e. The molecule has 2 heterocycles. The third kappa shape index (κ3) is 1.83. The summed E-state index contributed by atoms with van der Waals surface area (Å²) in [6.45, 7) is 2.03. The van der Waals surface area contributed by atoms with Gasteiger partial charge in [0.1, 0.15) is 0 Å². The summed E-state index contributed by atoms with van der Waals surface area (Å²) in [5, 5.41) is 10.8. The van der Waals surface area contributed by atoms with Crippen LogP contribution in [0.3, 0.4) is 0 Å². The number of fused-ring (bicyclic) bond motifs is 1. The van der Waals surface area contributed by atoms with E-state index in [-0.39, 0.29) is 6.10 Å². The predicted octanol–water partition coefficient (Wildman–Crippen LogP) is 1.26. The van der Waals surface area contributed by atoms with Gasteiger partial charge < -0.3 is 15.7 Å². The van der Waals surface area contributed by atoms with Crippen molar-refractivity contribution in [3.05, 3.63) is 36.0 Å². The molecule has 0 spiro atoms. The quantitative estimate of drug-likeness (QED) is 0.833. The van der Waals surface area contributed by atoms with E-state index in [4.69, 9.17) is 5.73 Å². The summed E-state index contributed by atoms with van der Waals surface area (Å²) in [5.74, 6) is 0. The second-order valence-electron chi connectivity index (χ2n) is 4.74. The Kier molecular flexibility index (Phi) is 2.89. The zero-order valence-corrected chi connectivity index (χ0v) is 10.2. The van der Waals surface area contributed by atoms with Crippen molar-refractivity contribution >= 4 is 16.6 Å². The summed E-state index contributed by atoms with van der Waals surface area (Å²) in [7, 11) is 0. The fraction of sp³-hybridized carbons (Fsp3) is 0.357. The summed E-state index contributed by atoms with van der Waals surface area (Å²) in [4.78, 5) is 6.65. The van der Waals surface area contributed by atoms with Crippen LogP contribution in [0.15, 0.2) is 30.5 Å². The molecule has 18 heavy (non-hydrogen) atoms. The van der Waals surface area contributed by atoms with Crippen LogP contribution in [-0.2, 0) is 6.54 Å². The van der Waals surface area contributed by atoms with Crippen LogP contribution in [0.2, 0.25) is 0 Å². The van der Waals surface area contributed by atoms with Gasteiger partial charge in [0.25, 0.3) is 0 Å². The van der Waals surface area contributed by atoms with E-state index in [1.54, 1.807) is 0 Å². The Labute approximate surface area is 106 Å². The fourth-order valence-electron chi connectivity index (χ4n) is 2.64. The van der Waals surface area contributed by atoms with Crippen molar-refractivity contribution in [1.82, 2.24) is 4.98 Å². The largest absolute Gasteiger partial charge is 0.391 e. The first kappa shape index (κ1) is 11.4. The maximum Gasteiger partial charge on any atom is 0.0731 e. The molecule has 0 aliphatic carbocycles. The number of rotatable bonds is 2. The van der Waals surface area contributed by atoms with E-state index in [2.05, 4.69) is 16.0 Å². The summed E-state index contributed by atoms with van der Waals surface area (Å²) in [6.07, 6.45) is 2.44. The minimum atomic E-state index is -0.234. The normalized spacial score (nSPS) is 19.7. The van der Waals surface area contributed by atoms with Crippen LogP contribution >= 0.6 is 0 Å². The molecular formula is C14H17N3O. The number of pyridine rings is 1. The molecule has 0 saturated carbocycles. The maximum absolute atomic E-state index is 9.71. The van der Waals surface area contributed by atoms with Crippen LogP contribution in [0.5, 0.6) is 0 Å². The van der Waals surface area contributed by atoms with Gasteiger partial charge in [-0.3, -0.25) is 4.98 Å². The third-order valence-corrected chi connectivity index (χ3v) is 3.52. The number of aliphatic hydroxyl groups excluding tert-OH is 1. The van der Waals surface area contributed by atoms with Crippen molar-refractivity contribution in [1.29, 1.82) is 0 Å². The van der Waals surface area contributed by atoms with Gasteiger partial charge in [-0.25, -0.2) is 0 Å². The molecule has 0 bridgehead atoms. The molecule has 1 saturated heterocycles. The zero-order chi connectivity index (χ0) is 12.5. The van der Waals surface area contributed by atoms with Gasteiger partial charge in [-0.1, -0.05) is 18.2 Å². The molecule has 0 radical (unpaired) electrons. The van der Waals surface area contributed by atoms with E-state index >= 15 is 0 Å². The first-order valence-corrected chi connectivity index (χ1v) is 6.29. The molecule has 0 amide bonds. The van der Waals surface area contributed by atoms with Crippen LogP contribution in [0.1, 0.15) is 12.0 Å². The Hall–Kier alpha value is -1.65. The Morgan fingerprint density at radius 2 is 2.22 bits per heavy atom. The van der Waals surface area contributed by atoms with Gasteiger partial charge in [-0.05, 0) is 12.5 Å². The molecule has 1 aliphatic heterocycles. The Morgan fingerprint density at radius 3 is 2.94 bits per heavy atom. The second-order valence-corrected chi connectivity index (χ2v) is 4.74. The number of anilines is 1. The molecule has 3 rings (SSSR count). The average Bonchev–Trinajstić information content (AvgIpc) is 2.83. The summed E-state index contributed by atoms with van der Waals surface area (Å²) >= 11 is 0. The molecule has 94 valence electrons. The number of aliphatic hydroxyl groups is 1. The minimum absolute atomic E-state index is 0.234. The van der Waals surface area contributed by atoms with Crippen molar-refractivity contribution < 1.29 is 5.11 Å². The van der Waals surface area contributed by atoms with Crippen LogP contribution in [0, 0.1) is 0 Å². The Balaban J connectivity index is 2.17. The van der Waals surface area contributed by atoms with Crippen LogP contribution < -0.4 is 10.6 Å². The number of para-hydroxylation sites is 1. The number of hydrogen-bond acceptors (Lipinski definition) is 4. The number of nitrogens with zero attached hydrogens (tertiary/aromatic N) is 2. The monoisotopic (exact) mass is 243 g/mol. The van der Waals surface area contributed by atoms with Gasteiger partial charge in [0, 0.05) is 36.8 Å². The number of nitrogens with two attached hydrogens (primary N) is 1. The van der Waals surface area contributed by atoms with Gasteiger partial charge in [-0.15, -0.1) is 0 Å². The van der Waals surface area contributed by atoms with Crippen LogP contribution in [0.25, 0.3) is 10.9 Å². The van der Waals surface area contributed by atoms with Gasteiger partial charge in [0.2, 0.25) is 0 Å². The van der Waals surface area contributed by atoms with Crippen LogP contribution in [0.4, 0.5) is 5.69 Å². The SMILES string of the molecule is NCc1cnc2ccccc2c1N1CCC(O)C1. The van der Waals surface area contributed by atoms with Crippen LogP contribution in [-0.4, -0.2) is 29.3 Å². The summed E-state index contributed by atoms with van der Waals surface area (Å²) in [6, 6.07) is 8.08. The van der Waals surface area contributed by atoms with Gasteiger partial charge in [0.05, 0.1) is 17.3 Å². The number of hydrogen-bond donors (Lipinski definition) is 2. The highest BCUT2D eigenvalue weighted by Crippen LogP contribution is 2.31. The Morgan fingerprint density at radius 1 is 1.39 bits per heavy atom. The number of aromatic nitrogens is 1. The van der Waals surface area contributed by atoms with E-state index in [1.165, 1.54) is 0 Å². The molecule has 2 aromatic rings. The van der Waals surface area contributed by atoms with Gasteiger partial charge in [-0.2, -0.15) is 0 Å². The third-order valence-electron chi connectivity index (χ3n) is 3.52. The van der Waals surface area contributed by atoms with E-state index in [0.29, 0.717) is 13.1 Å². The lowest BCUT2D eigenvalue weighted by molar-refractivity contribution is 0.198. The van der Waals surface area contributed by atoms with Crippen molar-refractivity contribution in [2.45, 2.75) is 19.1 Å². The highest BCUT2D eigenvalue weighted by molar-refractivity contribution is 5.93. The molecule has 1 aromatic heterocycles. The average molecular weight is 243 g/mol. The standard InChI is InChI=1S/C14H17N3O/c15-7-10-8-16-13-4-2-1-3-12(13)14(10)17-6-5-11(18)9-17/h1-4,8,11,18H,5-7,9,15H2. The molecular weight excluding hydrogens is 226 g/mol. The van der Waals surface area contributed by atoms with E-state index in [9.17, 15) is 5.11 Å². The first-order chi connectivity index (χ1) is 8.79. The van der Waals surface area contributed by atoms with Crippen molar-refractivity contribution in [2.24, 2.45) is 5.73 Å². The number of benzene rings is 1. The molecule has 1 aliphatic rings. The highest BCUT2D eigenvalue weighted by atomic mass is 16.3. The smallest absolute Gasteiger partial charge is 0.0731 e. The van der Waals surface area contributed by atoms with Crippen molar-refractivity contribution in [3.8, 4) is 0 Å². The topological polar surface area (TPSA) is 62.4 Å². The second kappa shape index (κ2) is 4.55. The lowest BCUT2D eigenvalue weighted by atomic mass is 10.1. The highest BCUT2D eigenvalue weighted by Gasteiger charge is 2.23. The first-order valence-electron chi connectivity index (χ1n) is 6.29. The maximum atomic E-state index is 9.71. The summed E-state index contributed by atoms with van der Waals surface area (Å²) in [5.41, 5.74) is 8.98. The van der Waals surface area contributed by atoms with Crippen molar-refractivity contribution in [2.75, 3.05) is 18.0 Å². The molecule has 1 atom stereocenters. The lowest BCUT2D eigenvalue weighted by Crippen LogP contribution is -2.23.